The number of carbonyl (C=O) groups is 1. The maximum atomic E-state index is 12.3. The van der Waals surface area contributed by atoms with Crippen molar-refractivity contribution in [1.29, 1.82) is 0 Å². The molecule has 11 heterocycles. The van der Waals surface area contributed by atoms with E-state index in [0.717, 1.165) is 15.2 Å². The van der Waals surface area contributed by atoms with Gasteiger partial charge in [-0.1, -0.05) is 0 Å². The van der Waals surface area contributed by atoms with E-state index >= 15 is 0 Å². The molecule has 18 heavy (non-hydrogen) atoms. The zero-order chi connectivity index (χ0) is 11.0. The van der Waals surface area contributed by atoms with Gasteiger partial charge in [-0.05, 0) is 0 Å². The first-order chi connectivity index (χ1) is 8.60. The Morgan fingerprint density at radius 3 is 2.17 bits per heavy atom. The van der Waals surface area contributed by atoms with E-state index in [1.54, 1.807) is 6.29 Å². The fourth-order valence-electron chi connectivity index (χ4n) is 19.3. The Balaban J connectivity index is 1.60. The standard InChI is InChI=1S/C10H12NO.C5H5.Fe/c12-7-8-3-1-4-9(8)10-5-2-6-11-10;1-2-4-5-3-1;/h1,3-4,7,10-11H,2,5-6H2;1-5H;. The molecule has 0 aromatic rings. The summed E-state index contributed by atoms with van der Waals surface area (Å²) in [6, 6.07) is 0.840. The molecule has 6 atom stereocenters. The summed E-state index contributed by atoms with van der Waals surface area (Å²) in [5.41, 5.74) is 0. The van der Waals surface area contributed by atoms with Crippen molar-refractivity contribution < 1.29 is 11.3 Å². The first-order valence-corrected chi connectivity index (χ1v) is 14.2. The summed E-state index contributed by atoms with van der Waals surface area (Å²) in [5, 5.41) is 3.91. The first kappa shape index (κ1) is 6.74. The second kappa shape index (κ2) is 0.563. The number of hydrogen-bond acceptors (Lipinski definition) is 2. The Kier molecular flexibility index (Phi) is 0.211. The molecule has 11 fully saturated rings. The van der Waals surface area contributed by atoms with Gasteiger partial charge in [-0.3, -0.25) is 0 Å². The van der Waals surface area contributed by atoms with Crippen LogP contribution in [0.25, 0.3) is 0 Å². The van der Waals surface area contributed by atoms with E-state index in [2.05, 4.69) is 5.32 Å². The minimum atomic E-state index is -3.27. The molecule has 0 aliphatic carbocycles. The first-order valence-electron chi connectivity index (χ1n) is 8.01. The fourth-order valence-corrected chi connectivity index (χ4v) is 95.6. The number of rotatable bonds is 2. The summed E-state index contributed by atoms with van der Waals surface area (Å²) in [6.07, 6.45) is 4.47. The van der Waals surface area contributed by atoms with Crippen molar-refractivity contribution in [3.8, 4) is 0 Å². The van der Waals surface area contributed by atoms with Crippen LogP contribution in [-0.2, 0) is 11.3 Å². The van der Waals surface area contributed by atoms with E-state index < -0.39 is 6.51 Å². The summed E-state index contributed by atoms with van der Waals surface area (Å²) in [7, 11) is 0. The molecule has 0 amide bonds. The van der Waals surface area contributed by atoms with Crippen LogP contribution < -0.4 is 5.32 Å². The van der Waals surface area contributed by atoms with Crippen LogP contribution >= 0.6 is 0 Å². The Hall–Kier alpha value is 0.149. The van der Waals surface area contributed by atoms with Gasteiger partial charge in [-0.25, -0.2) is 0 Å². The molecule has 0 bridgehead atoms. The van der Waals surface area contributed by atoms with Crippen LogP contribution in [0.4, 0.5) is 0 Å². The third kappa shape index (κ3) is 0.0627. The van der Waals surface area contributed by atoms with Gasteiger partial charge >= 0.3 is 95.5 Å². The van der Waals surface area contributed by atoms with Crippen LogP contribution in [0.1, 0.15) is 12.8 Å². The average molecular weight is 283 g/mol. The Bertz CT molecular complexity index is 1030. The van der Waals surface area contributed by atoms with Gasteiger partial charge in [0.05, 0.1) is 0 Å². The predicted octanol–water partition coefficient (Wildman–Crippen LogP) is 3.07. The molecule has 11 aliphatic rings. The molecule has 1 N–H and O–H groups in total. The predicted molar refractivity (Wildman–Crippen MR) is 62.5 cm³/mol. The third-order valence-corrected chi connectivity index (χ3v) is 60.1. The summed E-state index contributed by atoms with van der Waals surface area (Å²) < 4.78 is 1.19. The summed E-state index contributed by atoms with van der Waals surface area (Å²) >= 11 is 0. The maximum absolute atomic E-state index is 12.3. The van der Waals surface area contributed by atoms with E-state index in [9.17, 15) is 4.79 Å². The fraction of sp³-hybridized carbons (Fsp3) is 0.933. The molecule has 11 aliphatic heterocycles. The van der Waals surface area contributed by atoms with Crippen LogP contribution in [0.3, 0.4) is 0 Å². The van der Waals surface area contributed by atoms with Crippen molar-refractivity contribution in [3.05, 3.63) is 0 Å². The van der Waals surface area contributed by atoms with E-state index in [4.69, 9.17) is 0 Å². The van der Waals surface area contributed by atoms with Crippen molar-refractivity contribution in [1.82, 2.24) is 5.32 Å². The molecular weight excluding hydrogens is 266 g/mol. The molecule has 0 aromatic heterocycles. The zero-order valence-electron chi connectivity index (χ0n) is 10.2. The minimum absolute atomic E-state index is 0.452. The van der Waals surface area contributed by atoms with Crippen molar-refractivity contribution in [2.75, 3.05) is 6.54 Å². The van der Waals surface area contributed by atoms with Crippen LogP contribution in [0, 0.1) is 0 Å². The molecule has 5 unspecified atom stereocenters. The Morgan fingerprint density at radius 2 is 1.78 bits per heavy atom. The summed E-state index contributed by atoms with van der Waals surface area (Å²) in [6.45, 7) is -2.02. The van der Waals surface area contributed by atoms with Gasteiger partial charge in [-0.2, -0.15) is 0 Å². The summed E-state index contributed by atoms with van der Waals surface area (Å²) in [4.78, 5) is 22.4. The van der Waals surface area contributed by atoms with Crippen LogP contribution in [0.5, 0.6) is 0 Å². The monoisotopic (exact) mass is 283 g/mol. The van der Waals surface area contributed by atoms with Crippen LogP contribution in [-0.4, -0.2) is 18.9 Å². The van der Waals surface area contributed by atoms with E-state index in [1.165, 1.54) is 53.1 Å². The van der Waals surface area contributed by atoms with Crippen molar-refractivity contribution in [2.45, 2.75) is 66.0 Å². The van der Waals surface area contributed by atoms with Gasteiger partial charge in [0.15, 0.2) is 0 Å². The second-order valence-corrected chi connectivity index (χ2v) is 34.9. The molecule has 0 aromatic carbocycles. The van der Waals surface area contributed by atoms with E-state index in [-0.39, 0.29) is 0 Å². The van der Waals surface area contributed by atoms with E-state index in [0.29, 0.717) is 4.31 Å². The molecule has 2 nitrogen and oxygen atoms in total. The van der Waals surface area contributed by atoms with Gasteiger partial charge in [0.1, 0.15) is 0 Å². The van der Waals surface area contributed by atoms with Gasteiger partial charge in [-0.15, -0.1) is 0 Å². The van der Waals surface area contributed by atoms with Gasteiger partial charge in [0.2, 0.25) is 0 Å². The molecule has 3 heteroatoms. The second-order valence-electron chi connectivity index (χ2n) is 11.6. The third-order valence-electron chi connectivity index (χ3n) is 16.8. The zero-order valence-corrected chi connectivity index (χ0v) is 11.3. The molecule has 0 radical (unpaired) electrons. The SMILES string of the molecule is O=C[C@]12[CH]3[CH]4[CH]5[C]1(C1CCCN1)[Fe]45321678[CH]2[CH]1[CH]6[CH]7[CH]28. The molecule has 96 valence electrons. The quantitative estimate of drug-likeness (QED) is 0.623. The molecule has 1 spiro atoms. The molecule has 11 rings (SSSR count). The Morgan fingerprint density at radius 1 is 1.06 bits per heavy atom. The van der Waals surface area contributed by atoms with Crippen molar-refractivity contribution >= 4 is 6.29 Å². The topological polar surface area (TPSA) is 29.1 Å². The molecular formula is C15H17FeNO. The van der Waals surface area contributed by atoms with Gasteiger partial charge < -0.3 is 0 Å². The summed E-state index contributed by atoms with van der Waals surface area (Å²) in [5.74, 6) is 0. The number of carbonyl (C=O) groups excluding carboxylic acids is 1. The molecule has 0 saturated carbocycles. The van der Waals surface area contributed by atoms with Gasteiger partial charge in [0, 0.05) is 0 Å². The van der Waals surface area contributed by atoms with Crippen molar-refractivity contribution in [3.63, 3.8) is 0 Å². The normalized spacial score (nSPS) is 126. The van der Waals surface area contributed by atoms with Crippen LogP contribution in [0.15, 0.2) is 0 Å². The molecule has 11 saturated heterocycles. The van der Waals surface area contributed by atoms with Gasteiger partial charge in [0.25, 0.3) is 0 Å². The number of hydrogen-bond donors (Lipinski definition) is 1. The van der Waals surface area contributed by atoms with Crippen molar-refractivity contribution in [2.24, 2.45) is 0 Å². The Labute approximate surface area is 95.5 Å². The van der Waals surface area contributed by atoms with E-state index in [1.807, 2.05) is 0 Å². The number of aldehydes is 1. The number of nitrogens with one attached hydrogen (secondary N) is 1. The van der Waals surface area contributed by atoms with Crippen LogP contribution in [0.2, 0.25) is 47.2 Å². The number of fused-ring (bicyclic) bond motifs is 10. The average Bonchev–Trinajstić information content (AvgIpc) is 3.32.